The summed E-state index contributed by atoms with van der Waals surface area (Å²) in [5, 5.41) is 4.64. The molecule has 3 aromatic rings. The number of rotatable bonds is 5. The molecule has 0 radical (unpaired) electrons. The van der Waals surface area contributed by atoms with Crippen molar-refractivity contribution in [3.05, 3.63) is 60.0 Å². The van der Waals surface area contributed by atoms with E-state index in [-0.39, 0.29) is 17.8 Å². The van der Waals surface area contributed by atoms with Gasteiger partial charge in [0, 0.05) is 19.2 Å². The van der Waals surface area contributed by atoms with Gasteiger partial charge in [0.15, 0.2) is 5.76 Å². The molecule has 1 aliphatic rings. The first-order chi connectivity index (χ1) is 14.6. The molecule has 1 aliphatic heterocycles. The highest BCUT2D eigenvalue weighted by Crippen LogP contribution is 2.25. The number of esters is 1. The summed E-state index contributed by atoms with van der Waals surface area (Å²) < 4.78 is 12.3. The van der Waals surface area contributed by atoms with E-state index in [1.54, 1.807) is 34.9 Å². The molecule has 0 aliphatic carbocycles. The Morgan fingerprint density at radius 2 is 1.90 bits per heavy atom. The second-order valence-electron chi connectivity index (χ2n) is 7.46. The summed E-state index contributed by atoms with van der Waals surface area (Å²) in [6, 6.07) is 13.2. The van der Waals surface area contributed by atoms with Gasteiger partial charge in [0.1, 0.15) is 11.4 Å². The highest BCUT2D eigenvalue weighted by atomic mass is 16.5. The van der Waals surface area contributed by atoms with E-state index in [0.717, 1.165) is 11.3 Å². The zero-order chi connectivity index (χ0) is 21.1. The van der Waals surface area contributed by atoms with Crippen molar-refractivity contribution < 1.29 is 18.7 Å². The normalized spacial score (nSPS) is 14.7. The predicted molar refractivity (Wildman–Crippen MR) is 111 cm³/mol. The van der Waals surface area contributed by atoms with Gasteiger partial charge < -0.3 is 14.1 Å². The van der Waals surface area contributed by atoms with Crippen molar-refractivity contribution >= 4 is 11.9 Å². The van der Waals surface area contributed by atoms with E-state index < -0.39 is 0 Å². The van der Waals surface area contributed by atoms with Crippen LogP contribution in [0.4, 0.5) is 0 Å². The van der Waals surface area contributed by atoms with Crippen LogP contribution in [0.25, 0.3) is 17.1 Å². The number of carbonyl (C=O) groups excluding carboxylic acids is 2. The summed E-state index contributed by atoms with van der Waals surface area (Å²) in [5.74, 6) is 0.184. The maximum absolute atomic E-state index is 13.4. The fourth-order valence-corrected chi connectivity index (χ4v) is 3.70. The lowest BCUT2D eigenvalue weighted by atomic mass is 9.97. The van der Waals surface area contributed by atoms with Crippen LogP contribution in [0.5, 0.6) is 0 Å². The van der Waals surface area contributed by atoms with E-state index in [2.05, 4.69) is 5.10 Å². The van der Waals surface area contributed by atoms with E-state index in [1.165, 1.54) is 0 Å². The molecule has 1 aromatic carbocycles. The Balaban J connectivity index is 1.60. The maximum Gasteiger partial charge on any atom is 0.309 e. The average molecular weight is 407 g/mol. The fourth-order valence-electron chi connectivity index (χ4n) is 3.70. The topological polar surface area (TPSA) is 77.6 Å². The van der Waals surface area contributed by atoms with Crippen molar-refractivity contribution in [3.63, 3.8) is 0 Å². The van der Waals surface area contributed by atoms with E-state index in [0.29, 0.717) is 49.7 Å². The van der Waals surface area contributed by atoms with Crippen LogP contribution in [0.3, 0.4) is 0 Å². The number of hydrogen-bond acceptors (Lipinski definition) is 5. The summed E-state index contributed by atoms with van der Waals surface area (Å²) in [5.41, 5.74) is 3.01. The second-order valence-corrected chi connectivity index (χ2v) is 7.46. The molecule has 1 saturated heterocycles. The molecule has 0 N–H and O–H groups in total. The largest absolute Gasteiger partial charge is 0.466 e. The molecular weight excluding hydrogens is 382 g/mol. The van der Waals surface area contributed by atoms with Gasteiger partial charge in [-0.15, -0.1) is 0 Å². The Bertz CT molecular complexity index is 1010. The SMILES string of the molecule is CCOC(=O)C1CCN(C(=O)c2cc(-c3ccco3)nn2-c2ccc(C)cc2)CC1. The van der Waals surface area contributed by atoms with Crippen LogP contribution in [0, 0.1) is 12.8 Å². The summed E-state index contributed by atoms with van der Waals surface area (Å²) in [6.07, 6.45) is 2.80. The minimum Gasteiger partial charge on any atom is -0.466 e. The molecule has 0 saturated carbocycles. The molecular formula is C23H25N3O4. The van der Waals surface area contributed by atoms with Crippen molar-refractivity contribution in [1.82, 2.24) is 14.7 Å². The van der Waals surface area contributed by atoms with Gasteiger partial charge in [-0.3, -0.25) is 9.59 Å². The first-order valence-corrected chi connectivity index (χ1v) is 10.2. The molecule has 0 atom stereocenters. The van der Waals surface area contributed by atoms with Gasteiger partial charge in [0.05, 0.1) is 24.5 Å². The molecule has 0 bridgehead atoms. The number of benzene rings is 1. The predicted octanol–water partition coefficient (Wildman–Crippen LogP) is 3.86. The summed E-state index contributed by atoms with van der Waals surface area (Å²) in [6.45, 7) is 5.22. The average Bonchev–Trinajstić information content (AvgIpc) is 3.44. The number of nitrogens with zero attached hydrogens (tertiary/aromatic N) is 3. The number of aryl methyl sites for hydroxylation is 1. The van der Waals surface area contributed by atoms with E-state index in [9.17, 15) is 9.59 Å². The third kappa shape index (κ3) is 4.01. The summed E-state index contributed by atoms with van der Waals surface area (Å²) in [7, 11) is 0. The molecule has 7 heteroatoms. The number of hydrogen-bond donors (Lipinski definition) is 0. The zero-order valence-corrected chi connectivity index (χ0v) is 17.2. The fraction of sp³-hybridized carbons (Fsp3) is 0.348. The molecule has 1 fully saturated rings. The quantitative estimate of drug-likeness (QED) is 0.600. The third-order valence-electron chi connectivity index (χ3n) is 5.38. The molecule has 0 unspecified atom stereocenters. The van der Waals surface area contributed by atoms with E-state index >= 15 is 0 Å². The van der Waals surface area contributed by atoms with Gasteiger partial charge in [-0.2, -0.15) is 5.10 Å². The maximum atomic E-state index is 13.4. The van der Waals surface area contributed by atoms with Gasteiger partial charge >= 0.3 is 5.97 Å². The minimum absolute atomic E-state index is 0.108. The molecule has 3 heterocycles. The van der Waals surface area contributed by atoms with Crippen molar-refractivity contribution in [2.24, 2.45) is 5.92 Å². The van der Waals surface area contributed by atoms with Crippen molar-refractivity contribution in [2.45, 2.75) is 26.7 Å². The van der Waals surface area contributed by atoms with Crippen molar-refractivity contribution in [2.75, 3.05) is 19.7 Å². The number of amides is 1. The molecule has 2 aromatic heterocycles. The number of aromatic nitrogens is 2. The lowest BCUT2D eigenvalue weighted by molar-refractivity contribution is -0.149. The van der Waals surface area contributed by atoms with Gasteiger partial charge in [-0.25, -0.2) is 4.68 Å². The first-order valence-electron chi connectivity index (χ1n) is 10.2. The molecule has 4 rings (SSSR count). The van der Waals surface area contributed by atoms with E-state index in [1.807, 2.05) is 37.3 Å². The van der Waals surface area contributed by atoms with Crippen LogP contribution >= 0.6 is 0 Å². The number of furan rings is 1. The molecule has 156 valence electrons. The van der Waals surface area contributed by atoms with Gasteiger partial charge in [0.25, 0.3) is 5.91 Å². The number of piperidine rings is 1. The monoisotopic (exact) mass is 407 g/mol. The minimum atomic E-state index is -0.172. The third-order valence-corrected chi connectivity index (χ3v) is 5.38. The standard InChI is InChI=1S/C23H25N3O4/c1-3-29-23(28)17-10-12-25(13-11-17)22(27)20-15-19(21-5-4-14-30-21)24-26(20)18-8-6-16(2)7-9-18/h4-9,14-15,17H,3,10-13H2,1-2H3. The zero-order valence-electron chi connectivity index (χ0n) is 17.2. The Morgan fingerprint density at radius 3 is 2.53 bits per heavy atom. The van der Waals surface area contributed by atoms with Gasteiger partial charge in [-0.05, 0) is 51.0 Å². The molecule has 7 nitrogen and oxygen atoms in total. The van der Waals surface area contributed by atoms with Crippen molar-refractivity contribution in [3.8, 4) is 17.1 Å². The summed E-state index contributed by atoms with van der Waals surface area (Å²) in [4.78, 5) is 27.1. The number of carbonyl (C=O) groups is 2. The van der Waals surface area contributed by atoms with Gasteiger partial charge in [-0.1, -0.05) is 17.7 Å². The van der Waals surface area contributed by atoms with Crippen LogP contribution in [-0.4, -0.2) is 46.3 Å². The van der Waals surface area contributed by atoms with Gasteiger partial charge in [0.2, 0.25) is 0 Å². The molecule has 30 heavy (non-hydrogen) atoms. The van der Waals surface area contributed by atoms with Crippen molar-refractivity contribution in [1.29, 1.82) is 0 Å². The number of likely N-dealkylation sites (tertiary alicyclic amines) is 1. The lowest BCUT2D eigenvalue weighted by Crippen LogP contribution is -2.41. The molecule has 0 spiro atoms. The van der Waals surface area contributed by atoms with Crippen LogP contribution < -0.4 is 0 Å². The van der Waals surface area contributed by atoms with Crippen LogP contribution in [0.15, 0.2) is 53.1 Å². The Morgan fingerprint density at radius 1 is 1.17 bits per heavy atom. The Labute approximate surface area is 175 Å². The highest BCUT2D eigenvalue weighted by molar-refractivity contribution is 5.94. The van der Waals surface area contributed by atoms with Crippen LogP contribution in [-0.2, 0) is 9.53 Å². The Hall–Kier alpha value is -3.35. The second kappa shape index (κ2) is 8.57. The van der Waals surface area contributed by atoms with E-state index in [4.69, 9.17) is 9.15 Å². The highest BCUT2D eigenvalue weighted by Gasteiger charge is 2.30. The Kier molecular flexibility index (Phi) is 5.70. The lowest BCUT2D eigenvalue weighted by Gasteiger charge is -2.30. The van der Waals surface area contributed by atoms with Crippen LogP contribution in [0.1, 0.15) is 35.8 Å². The smallest absolute Gasteiger partial charge is 0.309 e. The number of ether oxygens (including phenoxy) is 1. The first kappa shape index (κ1) is 19.9. The molecule has 1 amide bonds. The summed E-state index contributed by atoms with van der Waals surface area (Å²) >= 11 is 0. The van der Waals surface area contributed by atoms with Crippen LogP contribution in [0.2, 0.25) is 0 Å².